The Morgan fingerprint density at radius 1 is 1.07 bits per heavy atom. The fraction of sp³-hybridized carbons (Fsp3) is 0.435. The van der Waals surface area contributed by atoms with Crippen molar-refractivity contribution in [2.45, 2.75) is 26.3 Å². The van der Waals surface area contributed by atoms with Crippen LogP contribution in [0.5, 0.6) is 0 Å². The summed E-state index contributed by atoms with van der Waals surface area (Å²) in [5, 5.41) is 7.29. The first-order chi connectivity index (χ1) is 14.7. The average Bonchev–Trinajstić information content (AvgIpc) is 3.50. The summed E-state index contributed by atoms with van der Waals surface area (Å²) >= 11 is 0. The van der Waals surface area contributed by atoms with Crippen LogP contribution in [0.15, 0.2) is 47.1 Å². The van der Waals surface area contributed by atoms with Crippen molar-refractivity contribution in [3.63, 3.8) is 0 Å². The zero-order chi connectivity index (χ0) is 20.3. The SMILES string of the molecule is Cc1noc(-c2cccnc2NCc2ccc(N3CCN(CC4CC4)CC3)cc2)n1. The molecule has 0 amide bonds. The largest absolute Gasteiger partial charge is 0.369 e. The maximum absolute atomic E-state index is 5.31. The first-order valence-corrected chi connectivity index (χ1v) is 10.8. The van der Waals surface area contributed by atoms with Crippen LogP contribution in [-0.2, 0) is 6.54 Å². The van der Waals surface area contributed by atoms with E-state index in [0.717, 1.165) is 30.4 Å². The lowest BCUT2D eigenvalue weighted by molar-refractivity contribution is 0.248. The van der Waals surface area contributed by atoms with E-state index in [1.54, 1.807) is 6.20 Å². The fourth-order valence-electron chi connectivity index (χ4n) is 3.99. The van der Waals surface area contributed by atoms with Gasteiger partial charge in [-0.3, -0.25) is 4.90 Å². The first-order valence-electron chi connectivity index (χ1n) is 10.8. The second-order valence-corrected chi connectivity index (χ2v) is 8.30. The Balaban J connectivity index is 1.18. The van der Waals surface area contributed by atoms with Gasteiger partial charge in [-0.15, -0.1) is 0 Å². The third-order valence-electron chi connectivity index (χ3n) is 5.91. The van der Waals surface area contributed by atoms with Crippen LogP contribution in [0.4, 0.5) is 11.5 Å². The highest BCUT2D eigenvalue weighted by molar-refractivity contribution is 5.68. The Morgan fingerprint density at radius 3 is 2.57 bits per heavy atom. The molecule has 1 N–H and O–H groups in total. The van der Waals surface area contributed by atoms with Gasteiger partial charge < -0.3 is 14.7 Å². The molecule has 1 aliphatic heterocycles. The van der Waals surface area contributed by atoms with Crippen LogP contribution in [0.1, 0.15) is 24.2 Å². The molecule has 0 radical (unpaired) electrons. The number of benzene rings is 1. The van der Waals surface area contributed by atoms with Crippen molar-refractivity contribution in [1.82, 2.24) is 20.0 Å². The molecule has 1 saturated carbocycles. The summed E-state index contributed by atoms with van der Waals surface area (Å²) < 4.78 is 5.31. The summed E-state index contributed by atoms with van der Waals surface area (Å²) in [4.78, 5) is 13.9. The predicted molar refractivity (Wildman–Crippen MR) is 117 cm³/mol. The number of nitrogens with zero attached hydrogens (tertiary/aromatic N) is 5. The van der Waals surface area contributed by atoms with Gasteiger partial charge in [0.05, 0.1) is 5.56 Å². The Morgan fingerprint density at radius 2 is 1.87 bits per heavy atom. The summed E-state index contributed by atoms with van der Waals surface area (Å²) in [6.07, 6.45) is 4.63. The van der Waals surface area contributed by atoms with Crippen molar-refractivity contribution in [3.8, 4) is 11.5 Å². The van der Waals surface area contributed by atoms with Crippen LogP contribution < -0.4 is 10.2 Å². The van der Waals surface area contributed by atoms with Gasteiger partial charge in [-0.25, -0.2) is 4.98 Å². The minimum absolute atomic E-state index is 0.485. The topological polar surface area (TPSA) is 70.3 Å². The lowest BCUT2D eigenvalue weighted by Gasteiger charge is -2.36. The summed E-state index contributed by atoms with van der Waals surface area (Å²) in [5.74, 6) is 2.83. The molecule has 2 aromatic heterocycles. The summed E-state index contributed by atoms with van der Waals surface area (Å²) in [7, 11) is 0. The van der Waals surface area contributed by atoms with E-state index < -0.39 is 0 Å². The van der Waals surface area contributed by atoms with Gasteiger partial charge in [0.1, 0.15) is 5.82 Å². The second-order valence-electron chi connectivity index (χ2n) is 8.30. The highest BCUT2D eigenvalue weighted by Crippen LogP contribution is 2.30. The van der Waals surface area contributed by atoms with E-state index in [-0.39, 0.29) is 0 Å². The van der Waals surface area contributed by atoms with Crippen molar-refractivity contribution < 1.29 is 4.52 Å². The first kappa shape index (κ1) is 19.1. The van der Waals surface area contributed by atoms with E-state index >= 15 is 0 Å². The van der Waals surface area contributed by atoms with E-state index in [0.29, 0.717) is 18.3 Å². The summed E-state index contributed by atoms with van der Waals surface area (Å²) in [6, 6.07) is 12.7. The number of aromatic nitrogens is 3. The molecule has 0 spiro atoms. The lowest BCUT2D eigenvalue weighted by atomic mass is 10.1. The van der Waals surface area contributed by atoms with E-state index in [1.165, 1.54) is 43.7 Å². The Labute approximate surface area is 177 Å². The molecule has 0 atom stereocenters. The predicted octanol–water partition coefficient (Wildman–Crippen LogP) is 3.58. The number of anilines is 2. The molecule has 1 aliphatic carbocycles. The van der Waals surface area contributed by atoms with Crippen LogP contribution in [0.25, 0.3) is 11.5 Å². The molecule has 3 heterocycles. The van der Waals surface area contributed by atoms with Gasteiger partial charge in [0.15, 0.2) is 5.82 Å². The number of nitrogens with one attached hydrogen (secondary N) is 1. The van der Waals surface area contributed by atoms with Gasteiger partial charge in [-0.1, -0.05) is 17.3 Å². The van der Waals surface area contributed by atoms with Gasteiger partial charge in [-0.2, -0.15) is 4.98 Å². The van der Waals surface area contributed by atoms with E-state index in [4.69, 9.17) is 4.52 Å². The number of hydrogen-bond donors (Lipinski definition) is 1. The molecule has 7 nitrogen and oxygen atoms in total. The molecule has 0 bridgehead atoms. The van der Waals surface area contributed by atoms with Crippen molar-refractivity contribution >= 4 is 11.5 Å². The molecule has 1 saturated heterocycles. The van der Waals surface area contributed by atoms with Crippen LogP contribution in [0.3, 0.4) is 0 Å². The normalized spacial score (nSPS) is 17.3. The smallest absolute Gasteiger partial charge is 0.261 e. The minimum Gasteiger partial charge on any atom is -0.369 e. The maximum atomic E-state index is 5.31. The third-order valence-corrected chi connectivity index (χ3v) is 5.91. The van der Waals surface area contributed by atoms with Gasteiger partial charge >= 0.3 is 0 Å². The Hall–Kier alpha value is -2.93. The summed E-state index contributed by atoms with van der Waals surface area (Å²) in [5.41, 5.74) is 3.34. The molecule has 3 aromatic rings. The van der Waals surface area contributed by atoms with E-state index in [2.05, 4.69) is 54.5 Å². The second kappa shape index (κ2) is 8.44. The van der Waals surface area contributed by atoms with Crippen LogP contribution in [0.2, 0.25) is 0 Å². The Kier molecular flexibility index (Phi) is 5.36. The van der Waals surface area contributed by atoms with Crippen molar-refractivity contribution in [2.75, 3.05) is 42.9 Å². The number of aryl methyl sites for hydroxylation is 1. The molecule has 7 heteroatoms. The number of rotatable bonds is 7. The highest BCUT2D eigenvalue weighted by atomic mass is 16.5. The molecule has 156 valence electrons. The van der Waals surface area contributed by atoms with Crippen molar-refractivity contribution in [1.29, 1.82) is 0 Å². The van der Waals surface area contributed by atoms with Gasteiger partial charge in [0, 0.05) is 51.2 Å². The lowest BCUT2D eigenvalue weighted by Crippen LogP contribution is -2.47. The van der Waals surface area contributed by atoms with Gasteiger partial charge in [0.25, 0.3) is 5.89 Å². The third kappa shape index (κ3) is 4.46. The molecule has 2 fully saturated rings. The fourth-order valence-corrected chi connectivity index (χ4v) is 3.99. The molecular formula is C23H28N6O. The highest BCUT2D eigenvalue weighted by Gasteiger charge is 2.26. The van der Waals surface area contributed by atoms with Crippen LogP contribution in [-0.4, -0.2) is 52.7 Å². The van der Waals surface area contributed by atoms with Crippen LogP contribution >= 0.6 is 0 Å². The maximum Gasteiger partial charge on any atom is 0.261 e. The average molecular weight is 405 g/mol. The molecule has 5 rings (SSSR count). The molecular weight excluding hydrogens is 376 g/mol. The van der Waals surface area contributed by atoms with E-state index in [9.17, 15) is 0 Å². The zero-order valence-corrected chi connectivity index (χ0v) is 17.4. The van der Waals surface area contributed by atoms with E-state index in [1.807, 2.05) is 19.1 Å². The Bertz CT molecular complexity index is 973. The summed E-state index contributed by atoms with van der Waals surface area (Å²) in [6.45, 7) is 8.39. The molecule has 2 aliphatic rings. The number of pyridine rings is 1. The standard InChI is InChI=1S/C23H28N6O/c1-17-26-23(30-27-17)21-3-2-10-24-22(21)25-15-18-6-8-20(9-7-18)29-13-11-28(12-14-29)16-19-4-5-19/h2-3,6-10,19H,4-5,11-16H2,1H3,(H,24,25). The van der Waals surface area contributed by atoms with Crippen molar-refractivity contribution in [2.24, 2.45) is 5.92 Å². The van der Waals surface area contributed by atoms with Crippen molar-refractivity contribution in [3.05, 3.63) is 54.0 Å². The number of hydrogen-bond acceptors (Lipinski definition) is 7. The molecule has 0 unspecified atom stereocenters. The molecule has 30 heavy (non-hydrogen) atoms. The van der Waals surface area contributed by atoms with Gasteiger partial charge in [-0.05, 0) is 55.5 Å². The quantitative estimate of drug-likeness (QED) is 0.645. The minimum atomic E-state index is 0.485. The zero-order valence-electron chi connectivity index (χ0n) is 17.4. The molecule has 1 aromatic carbocycles. The number of piperazine rings is 1. The monoisotopic (exact) mass is 404 g/mol. The van der Waals surface area contributed by atoms with Crippen LogP contribution in [0, 0.1) is 12.8 Å². The van der Waals surface area contributed by atoms with Gasteiger partial charge in [0.2, 0.25) is 0 Å².